The second-order valence-corrected chi connectivity index (χ2v) is 3.39. The summed E-state index contributed by atoms with van der Waals surface area (Å²) in [6.07, 6.45) is 1.31. The first-order valence-corrected chi connectivity index (χ1v) is 3.53. The van der Waals surface area contributed by atoms with E-state index in [0.717, 1.165) is 4.31 Å². The van der Waals surface area contributed by atoms with Gasteiger partial charge in [-0.2, -0.15) is 18.0 Å². The molecule has 0 spiro atoms. The second-order valence-electron chi connectivity index (χ2n) is 1.50. The molecule has 0 rings (SSSR count). The van der Waals surface area contributed by atoms with Gasteiger partial charge in [0.05, 0.1) is 0 Å². The van der Waals surface area contributed by atoms with Crippen molar-refractivity contribution in [1.29, 1.82) is 5.26 Å². The van der Waals surface area contributed by atoms with Crippen LogP contribution < -0.4 is 4.72 Å². The summed E-state index contributed by atoms with van der Waals surface area (Å²) in [5, 5.41) is 7.88. The molecule has 0 atom stereocenters. The Labute approximate surface area is 54.1 Å². The van der Waals surface area contributed by atoms with Crippen molar-refractivity contribution in [3.8, 4) is 6.19 Å². The lowest BCUT2D eigenvalue weighted by atomic mass is 11.3. The summed E-state index contributed by atoms with van der Waals surface area (Å²) < 4.78 is 23.6. The average molecular weight is 149 g/mol. The van der Waals surface area contributed by atoms with Crippen molar-refractivity contribution < 1.29 is 8.42 Å². The molecule has 0 aliphatic rings. The van der Waals surface area contributed by atoms with Crippen LogP contribution in [0.25, 0.3) is 0 Å². The van der Waals surface area contributed by atoms with Gasteiger partial charge in [0.15, 0.2) is 6.19 Å². The molecule has 1 N–H and O–H groups in total. The average Bonchev–Trinajstić information content (AvgIpc) is 1.65. The van der Waals surface area contributed by atoms with Crippen LogP contribution in [0.5, 0.6) is 0 Å². The summed E-state index contributed by atoms with van der Waals surface area (Å²) in [5.74, 6) is 0. The van der Waals surface area contributed by atoms with Gasteiger partial charge in [-0.3, -0.25) is 0 Å². The number of hydrogen-bond acceptors (Lipinski definition) is 3. The molecule has 0 aromatic heterocycles. The Kier molecular flexibility index (Phi) is 2.42. The molecule has 0 aliphatic carbocycles. The molecule has 0 bridgehead atoms. The lowest BCUT2D eigenvalue weighted by molar-refractivity contribution is 0.515. The van der Waals surface area contributed by atoms with Crippen LogP contribution in [0, 0.1) is 11.5 Å². The third-order valence-electron chi connectivity index (χ3n) is 0.655. The molecule has 0 saturated heterocycles. The quantitative estimate of drug-likeness (QED) is 0.398. The normalized spacial score (nSPS) is 10.9. The molecule has 9 heavy (non-hydrogen) atoms. The fraction of sp³-hybridized carbons (Fsp3) is 0.667. The van der Waals surface area contributed by atoms with Gasteiger partial charge in [0.1, 0.15) is 0 Å². The number of nitrogens with one attached hydrogen (secondary N) is 1. The molecule has 52 valence electrons. The van der Waals surface area contributed by atoms with E-state index in [1.54, 1.807) is 4.72 Å². The molecule has 0 heterocycles. The predicted octanol–water partition coefficient (Wildman–Crippen LogP) is -1.14. The topological polar surface area (TPSA) is 73.2 Å². The standard InChI is InChI=1S/C3H7N3O2S/c1-6(2)9(7,8)5-3-4/h5H,1-2H3. The molecule has 0 unspecified atom stereocenters. The molecule has 0 saturated carbocycles. The minimum Gasteiger partial charge on any atom is -0.207 e. The number of nitrogens with zero attached hydrogens (tertiary/aromatic N) is 2. The zero-order valence-corrected chi connectivity index (χ0v) is 5.94. The molecule has 0 aromatic carbocycles. The maximum atomic E-state index is 10.5. The van der Waals surface area contributed by atoms with E-state index in [-0.39, 0.29) is 0 Å². The highest BCUT2D eigenvalue weighted by Crippen LogP contribution is 1.84. The van der Waals surface area contributed by atoms with Gasteiger partial charge in [0, 0.05) is 14.1 Å². The largest absolute Gasteiger partial charge is 0.309 e. The Morgan fingerprint density at radius 1 is 1.56 bits per heavy atom. The maximum absolute atomic E-state index is 10.5. The summed E-state index contributed by atoms with van der Waals surface area (Å²) in [4.78, 5) is 0. The zero-order valence-electron chi connectivity index (χ0n) is 5.12. The van der Waals surface area contributed by atoms with E-state index in [1.807, 2.05) is 0 Å². The second kappa shape index (κ2) is 2.66. The van der Waals surface area contributed by atoms with Crippen molar-refractivity contribution in [3.63, 3.8) is 0 Å². The predicted molar refractivity (Wildman–Crippen MR) is 31.4 cm³/mol. The lowest BCUT2D eigenvalue weighted by Crippen LogP contribution is -2.32. The molecule has 0 aromatic rings. The van der Waals surface area contributed by atoms with E-state index in [4.69, 9.17) is 5.26 Å². The van der Waals surface area contributed by atoms with Crippen LogP contribution in [-0.4, -0.2) is 26.8 Å². The molecule has 0 amide bonds. The summed E-state index contributed by atoms with van der Waals surface area (Å²) in [6.45, 7) is 0. The van der Waals surface area contributed by atoms with Crippen LogP contribution in [0.2, 0.25) is 0 Å². The monoisotopic (exact) mass is 149 g/mol. The van der Waals surface area contributed by atoms with Gasteiger partial charge in [-0.1, -0.05) is 0 Å². The first-order chi connectivity index (χ1) is 4.00. The Morgan fingerprint density at radius 3 is 2.11 bits per heavy atom. The van der Waals surface area contributed by atoms with Crippen LogP contribution in [-0.2, 0) is 10.2 Å². The van der Waals surface area contributed by atoms with Crippen molar-refractivity contribution in [2.75, 3.05) is 14.1 Å². The van der Waals surface area contributed by atoms with Gasteiger partial charge in [0.2, 0.25) is 0 Å². The first-order valence-electron chi connectivity index (χ1n) is 2.09. The molecular formula is C3H7N3O2S. The summed E-state index contributed by atoms with van der Waals surface area (Å²) >= 11 is 0. The van der Waals surface area contributed by atoms with Crippen LogP contribution in [0.3, 0.4) is 0 Å². The van der Waals surface area contributed by atoms with E-state index in [9.17, 15) is 8.42 Å². The maximum Gasteiger partial charge on any atom is 0.309 e. The Balaban J connectivity index is 4.28. The van der Waals surface area contributed by atoms with Gasteiger partial charge in [0.25, 0.3) is 0 Å². The van der Waals surface area contributed by atoms with Crippen LogP contribution in [0.4, 0.5) is 0 Å². The van der Waals surface area contributed by atoms with E-state index in [0.29, 0.717) is 0 Å². The Bertz CT molecular complexity index is 212. The fourth-order valence-corrected chi connectivity index (χ4v) is 0.447. The van der Waals surface area contributed by atoms with Gasteiger partial charge >= 0.3 is 10.2 Å². The Hall–Kier alpha value is -0.800. The molecule has 0 fully saturated rings. The highest BCUT2D eigenvalue weighted by Gasteiger charge is 2.09. The number of hydrogen-bond donors (Lipinski definition) is 1. The van der Waals surface area contributed by atoms with E-state index in [2.05, 4.69) is 0 Å². The van der Waals surface area contributed by atoms with E-state index < -0.39 is 10.2 Å². The molecule has 5 nitrogen and oxygen atoms in total. The van der Waals surface area contributed by atoms with Crippen molar-refractivity contribution in [1.82, 2.24) is 9.03 Å². The third-order valence-corrected chi connectivity index (χ3v) is 1.97. The van der Waals surface area contributed by atoms with Crippen LogP contribution in [0.1, 0.15) is 0 Å². The summed E-state index contributed by atoms with van der Waals surface area (Å²) in [6, 6.07) is 0. The Morgan fingerprint density at radius 2 is 2.00 bits per heavy atom. The number of nitriles is 1. The van der Waals surface area contributed by atoms with Crippen molar-refractivity contribution in [3.05, 3.63) is 0 Å². The first kappa shape index (κ1) is 8.20. The van der Waals surface area contributed by atoms with Crippen LogP contribution in [0.15, 0.2) is 0 Å². The third kappa shape index (κ3) is 2.30. The minimum absolute atomic E-state index is 0.913. The van der Waals surface area contributed by atoms with Crippen molar-refractivity contribution in [2.45, 2.75) is 0 Å². The van der Waals surface area contributed by atoms with Crippen molar-refractivity contribution >= 4 is 10.2 Å². The fourth-order valence-electron chi connectivity index (χ4n) is 0.149. The van der Waals surface area contributed by atoms with Gasteiger partial charge in [-0.15, -0.1) is 0 Å². The number of rotatable bonds is 2. The summed E-state index contributed by atoms with van der Waals surface area (Å²) in [7, 11) is -0.860. The van der Waals surface area contributed by atoms with Gasteiger partial charge in [-0.05, 0) is 0 Å². The smallest absolute Gasteiger partial charge is 0.207 e. The van der Waals surface area contributed by atoms with Crippen LogP contribution >= 0.6 is 0 Å². The SMILES string of the molecule is CN(C)S(=O)(=O)NC#N. The van der Waals surface area contributed by atoms with Crippen molar-refractivity contribution in [2.24, 2.45) is 0 Å². The molecule has 0 radical (unpaired) electrons. The van der Waals surface area contributed by atoms with E-state index >= 15 is 0 Å². The lowest BCUT2D eigenvalue weighted by Gasteiger charge is -2.06. The van der Waals surface area contributed by atoms with Gasteiger partial charge < -0.3 is 0 Å². The highest BCUT2D eigenvalue weighted by atomic mass is 32.2. The minimum atomic E-state index is -3.53. The molecule has 0 aliphatic heterocycles. The van der Waals surface area contributed by atoms with E-state index in [1.165, 1.54) is 20.3 Å². The molecule has 6 heteroatoms. The highest BCUT2D eigenvalue weighted by molar-refractivity contribution is 7.87. The van der Waals surface area contributed by atoms with Gasteiger partial charge in [-0.25, -0.2) is 4.72 Å². The summed E-state index contributed by atoms with van der Waals surface area (Å²) in [5.41, 5.74) is 0. The zero-order chi connectivity index (χ0) is 7.49. The molecular weight excluding hydrogens is 142 g/mol.